The van der Waals surface area contributed by atoms with Crippen molar-refractivity contribution in [3.8, 4) is 0 Å². The number of hydrogen-bond acceptors (Lipinski definition) is 2. The molecule has 0 amide bonds. The van der Waals surface area contributed by atoms with Gasteiger partial charge in [0.15, 0.2) is 0 Å². The van der Waals surface area contributed by atoms with Gasteiger partial charge < -0.3 is 5.11 Å². The Kier molecular flexibility index (Phi) is 3.53. The fourth-order valence-corrected chi connectivity index (χ4v) is 3.96. The van der Waals surface area contributed by atoms with Gasteiger partial charge in [0.05, 0.1) is 11.1 Å². The Morgan fingerprint density at radius 3 is 2.71 bits per heavy atom. The van der Waals surface area contributed by atoms with E-state index in [0.717, 1.165) is 35.7 Å². The van der Waals surface area contributed by atoms with Gasteiger partial charge in [0, 0.05) is 17.1 Å². The third-order valence-corrected chi connectivity index (χ3v) is 5.01. The molecule has 112 valence electrons. The summed E-state index contributed by atoms with van der Waals surface area (Å²) in [6, 6.07) is 10.3. The van der Waals surface area contributed by atoms with Crippen LogP contribution < -0.4 is 0 Å². The van der Waals surface area contributed by atoms with E-state index >= 15 is 0 Å². The zero-order valence-electron chi connectivity index (χ0n) is 13.3. The first-order valence-corrected chi connectivity index (χ1v) is 7.99. The molecule has 1 aliphatic rings. The Bertz CT molecular complexity index is 643. The average molecular weight is 283 g/mol. The lowest BCUT2D eigenvalue weighted by molar-refractivity contribution is -0.0960. The van der Waals surface area contributed by atoms with Crippen molar-refractivity contribution in [2.45, 2.75) is 52.1 Å². The summed E-state index contributed by atoms with van der Waals surface area (Å²) in [7, 11) is 0. The number of fused-ring (bicyclic) bond motifs is 1. The maximum Gasteiger partial charge on any atom is 0.0944 e. The number of hydrogen-bond donors (Lipinski definition) is 1. The second kappa shape index (κ2) is 5.10. The second-order valence-electron chi connectivity index (χ2n) is 7.51. The zero-order valence-corrected chi connectivity index (χ0v) is 13.3. The first-order chi connectivity index (χ1) is 9.91. The molecule has 1 N–H and O–H groups in total. The van der Waals surface area contributed by atoms with Crippen molar-refractivity contribution < 1.29 is 5.11 Å². The second-order valence-corrected chi connectivity index (χ2v) is 7.51. The lowest BCUT2D eigenvalue weighted by atomic mass is 9.62. The van der Waals surface area contributed by atoms with Crippen LogP contribution in [0, 0.1) is 11.3 Å². The maximum absolute atomic E-state index is 11.5. The molecule has 0 saturated heterocycles. The van der Waals surface area contributed by atoms with Gasteiger partial charge in [0.2, 0.25) is 0 Å². The monoisotopic (exact) mass is 283 g/mol. The minimum atomic E-state index is -0.743. The molecule has 2 nitrogen and oxygen atoms in total. The highest BCUT2D eigenvalue weighted by molar-refractivity contribution is 5.78. The van der Waals surface area contributed by atoms with Crippen molar-refractivity contribution >= 4 is 10.9 Å². The van der Waals surface area contributed by atoms with E-state index in [0.29, 0.717) is 0 Å². The molecule has 2 aromatic rings. The molecule has 2 unspecified atom stereocenters. The summed E-state index contributed by atoms with van der Waals surface area (Å²) >= 11 is 0. The van der Waals surface area contributed by atoms with Crippen LogP contribution in [0.25, 0.3) is 10.9 Å². The molecule has 1 aliphatic carbocycles. The van der Waals surface area contributed by atoms with E-state index in [9.17, 15) is 5.11 Å². The minimum Gasteiger partial charge on any atom is -0.385 e. The number of pyridine rings is 1. The summed E-state index contributed by atoms with van der Waals surface area (Å²) in [5, 5.41) is 12.6. The summed E-state index contributed by atoms with van der Waals surface area (Å²) in [5.41, 5.74) is 1.34. The third-order valence-electron chi connectivity index (χ3n) is 5.01. The Hall–Kier alpha value is -1.41. The fraction of sp³-hybridized carbons (Fsp3) is 0.526. The molecule has 2 heteroatoms. The molecule has 1 saturated carbocycles. The molecule has 1 fully saturated rings. The summed E-state index contributed by atoms with van der Waals surface area (Å²) in [4.78, 5) is 4.56. The third kappa shape index (κ3) is 2.57. The molecule has 1 aromatic heterocycles. The molecular weight excluding hydrogens is 258 g/mol. The summed E-state index contributed by atoms with van der Waals surface area (Å²) in [6.45, 7) is 6.72. The largest absolute Gasteiger partial charge is 0.385 e. The number of nitrogens with zero attached hydrogens (tertiary/aromatic N) is 1. The highest BCUT2D eigenvalue weighted by atomic mass is 16.3. The van der Waals surface area contributed by atoms with Crippen LogP contribution in [-0.2, 0) is 5.60 Å². The van der Waals surface area contributed by atoms with Crippen LogP contribution in [0.3, 0.4) is 0 Å². The van der Waals surface area contributed by atoms with Gasteiger partial charge in [-0.1, -0.05) is 51.8 Å². The normalized spacial score (nSPS) is 27.0. The predicted octanol–water partition coefficient (Wildman–Crippen LogP) is 4.66. The predicted molar refractivity (Wildman–Crippen MR) is 87.1 cm³/mol. The van der Waals surface area contributed by atoms with Gasteiger partial charge >= 0.3 is 0 Å². The van der Waals surface area contributed by atoms with Crippen molar-refractivity contribution in [1.29, 1.82) is 0 Å². The van der Waals surface area contributed by atoms with E-state index in [4.69, 9.17) is 0 Å². The SMILES string of the molecule is CC(C)(C)C1CCCCC1(O)c1cnc2ccccc2c1. The summed E-state index contributed by atoms with van der Waals surface area (Å²) in [5.74, 6) is 0.279. The van der Waals surface area contributed by atoms with Gasteiger partial charge in [-0.2, -0.15) is 0 Å². The van der Waals surface area contributed by atoms with Crippen LogP contribution >= 0.6 is 0 Å². The average Bonchev–Trinajstić information content (AvgIpc) is 2.46. The fourth-order valence-electron chi connectivity index (χ4n) is 3.96. The Morgan fingerprint density at radius 1 is 1.19 bits per heavy atom. The Labute approximate surface area is 127 Å². The van der Waals surface area contributed by atoms with Gasteiger partial charge in [0.1, 0.15) is 0 Å². The zero-order chi connectivity index (χ0) is 15.1. The van der Waals surface area contributed by atoms with E-state index in [1.807, 2.05) is 24.4 Å². The van der Waals surface area contributed by atoms with Crippen molar-refractivity contribution in [2.24, 2.45) is 11.3 Å². The summed E-state index contributed by atoms with van der Waals surface area (Å²) < 4.78 is 0. The molecule has 1 heterocycles. The van der Waals surface area contributed by atoms with Crippen LogP contribution in [0.1, 0.15) is 52.0 Å². The number of aliphatic hydroxyl groups is 1. The van der Waals surface area contributed by atoms with E-state index in [1.165, 1.54) is 6.42 Å². The first-order valence-electron chi connectivity index (χ1n) is 7.99. The Balaban J connectivity index is 2.08. The highest BCUT2D eigenvalue weighted by Gasteiger charge is 2.46. The van der Waals surface area contributed by atoms with Gasteiger partial charge in [0.25, 0.3) is 0 Å². The Morgan fingerprint density at radius 2 is 1.95 bits per heavy atom. The number of aromatic nitrogens is 1. The van der Waals surface area contributed by atoms with Crippen LogP contribution in [0.15, 0.2) is 36.5 Å². The minimum absolute atomic E-state index is 0.0980. The van der Waals surface area contributed by atoms with Gasteiger partial charge in [-0.25, -0.2) is 0 Å². The lowest BCUT2D eigenvalue weighted by Crippen LogP contribution is -2.44. The van der Waals surface area contributed by atoms with Crippen LogP contribution in [-0.4, -0.2) is 10.1 Å². The molecule has 0 radical (unpaired) electrons. The number of rotatable bonds is 1. The van der Waals surface area contributed by atoms with Crippen LogP contribution in [0.2, 0.25) is 0 Å². The first kappa shape index (κ1) is 14.5. The molecule has 1 aromatic carbocycles. The van der Waals surface area contributed by atoms with Crippen molar-refractivity contribution in [1.82, 2.24) is 4.98 Å². The van der Waals surface area contributed by atoms with Crippen molar-refractivity contribution in [3.63, 3.8) is 0 Å². The van der Waals surface area contributed by atoms with E-state index in [2.05, 4.69) is 37.9 Å². The number of para-hydroxylation sites is 1. The molecule has 21 heavy (non-hydrogen) atoms. The van der Waals surface area contributed by atoms with E-state index in [-0.39, 0.29) is 11.3 Å². The molecule has 2 atom stereocenters. The molecular formula is C19H25NO. The standard InChI is InChI=1S/C19H25NO/c1-18(2,3)17-10-6-7-11-19(17,21)15-12-14-8-4-5-9-16(14)20-13-15/h4-5,8-9,12-13,17,21H,6-7,10-11H2,1-3H3. The van der Waals surface area contributed by atoms with Gasteiger partial charge in [-0.05, 0) is 36.3 Å². The molecule has 3 rings (SSSR count). The number of benzene rings is 1. The van der Waals surface area contributed by atoms with Crippen molar-refractivity contribution in [2.75, 3.05) is 0 Å². The van der Waals surface area contributed by atoms with Gasteiger partial charge in [-0.15, -0.1) is 0 Å². The van der Waals surface area contributed by atoms with Crippen LogP contribution in [0.4, 0.5) is 0 Å². The maximum atomic E-state index is 11.5. The molecule has 0 spiro atoms. The van der Waals surface area contributed by atoms with Crippen molar-refractivity contribution in [3.05, 3.63) is 42.1 Å². The quantitative estimate of drug-likeness (QED) is 0.825. The smallest absolute Gasteiger partial charge is 0.0944 e. The highest BCUT2D eigenvalue weighted by Crippen LogP contribution is 2.49. The molecule has 0 aliphatic heterocycles. The lowest BCUT2D eigenvalue weighted by Gasteiger charge is -2.47. The van der Waals surface area contributed by atoms with E-state index < -0.39 is 5.60 Å². The van der Waals surface area contributed by atoms with Crippen LogP contribution in [0.5, 0.6) is 0 Å². The van der Waals surface area contributed by atoms with Gasteiger partial charge in [-0.3, -0.25) is 4.98 Å². The summed E-state index contributed by atoms with van der Waals surface area (Å²) in [6.07, 6.45) is 6.12. The van der Waals surface area contributed by atoms with E-state index in [1.54, 1.807) is 0 Å². The molecule has 0 bridgehead atoms. The topological polar surface area (TPSA) is 33.1 Å².